The first-order chi connectivity index (χ1) is 4.69. The minimum absolute atomic E-state index is 0.0764. The first-order valence-corrected chi connectivity index (χ1v) is 4.25. The molecule has 0 aromatic heterocycles. The molecular formula is C10H21F. The van der Waals surface area contributed by atoms with Gasteiger partial charge in [-0.2, -0.15) is 0 Å². The lowest BCUT2D eigenvalue weighted by Crippen LogP contribution is -2.34. The van der Waals surface area contributed by atoms with E-state index in [0.29, 0.717) is 0 Å². The second kappa shape index (κ2) is 3.12. The fourth-order valence-electron chi connectivity index (χ4n) is 1.76. The van der Waals surface area contributed by atoms with Gasteiger partial charge in [0.05, 0.1) is 6.67 Å². The van der Waals surface area contributed by atoms with Crippen LogP contribution in [0.3, 0.4) is 0 Å². The van der Waals surface area contributed by atoms with E-state index in [1.54, 1.807) is 0 Å². The molecule has 0 radical (unpaired) electrons. The topological polar surface area (TPSA) is 0 Å². The molecule has 68 valence electrons. The first-order valence-electron chi connectivity index (χ1n) is 4.25. The van der Waals surface area contributed by atoms with Crippen LogP contribution in [0.1, 0.15) is 41.5 Å². The second-order valence-corrected chi connectivity index (χ2v) is 5.44. The molecule has 0 aromatic carbocycles. The van der Waals surface area contributed by atoms with Gasteiger partial charge in [-0.25, -0.2) is 0 Å². The van der Waals surface area contributed by atoms with Crippen LogP contribution in [0.15, 0.2) is 0 Å². The lowest BCUT2D eigenvalue weighted by molar-refractivity contribution is 0.0746. The average molecular weight is 160 g/mol. The highest BCUT2D eigenvalue weighted by molar-refractivity contribution is 4.83. The van der Waals surface area contributed by atoms with E-state index in [1.807, 2.05) is 0 Å². The maximum Gasteiger partial charge on any atom is 0.0932 e. The molecule has 0 aliphatic rings. The van der Waals surface area contributed by atoms with E-state index in [0.717, 1.165) is 0 Å². The molecule has 0 saturated carbocycles. The van der Waals surface area contributed by atoms with Gasteiger partial charge in [-0.1, -0.05) is 41.5 Å². The summed E-state index contributed by atoms with van der Waals surface area (Å²) in [6.45, 7) is 12.4. The summed E-state index contributed by atoms with van der Waals surface area (Å²) < 4.78 is 12.6. The highest BCUT2D eigenvalue weighted by Gasteiger charge is 2.34. The van der Waals surface area contributed by atoms with Crippen LogP contribution in [0.2, 0.25) is 0 Å². The second-order valence-electron chi connectivity index (χ2n) is 5.44. The Labute approximate surface area is 70.2 Å². The Morgan fingerprint density at radius 1 is 0.909 bits per heavy atom. The van der Waals surface area contributed by atoms with Gasteiger partial charge in [-0.15, -0.1) is 0 Å². The highest BCUT2D eigenvalue weighted by Crippen LogP contribution is 2.39. The van der Waals surface area contributed by atoms with Crippen LogP contribution in [0, 0.1) is 16.7 Å². The lowest BCUT2D eigenvalue weighted by Gasteiger charge is -2.38. The molecule has 0 atom stereocenters. The van der Waals surface area contributed by atoms with Gasteiger partial charge in [0.2, 0.25) is 0 Å². The van der Waals surface area contributed by atoms with Crippen molar-refractivity contribution in [3.05, 3.63) is 0 Å². The molecule has 0 bridgehead atoms. The van der Waals surface area contributed by atoms with Gasteiger partial charge in [0, 0.05) is 0 Å². The molecule has 0 aliphatic heterocycles. The molecule has 0 saturated heterocycles. The largest absolute Gasteiger partial charge is 0.251 e. The van der Waals surface area contributed by atoms with Gasteiger partial charge >= 0.3 is 0 Å². The molecule has 11 heavy (non-hydrogen) atoms. The number of hydrogen-bond donors (Lipinski definition) is 0. The summed E-state index contributed by atoms with van der Waals surface area (Å²) in [6.07, 6.45) is 0. The summed E-state index contributed by atoms with van der Waals surface area (Å²) in [4.78, 5) is 0. The van der Waals surface area contributed by atoms with Crippen molar-refractivity contribution >= 4 is 0 Å². The average Bonchev–Trinajstić information content (AvgIpc) is 1.56. The van der Waals surface area contributed by atoms with Gasteiger partial charge in [-0.3, -0.25) is 4.39 Å². The Morgan fingerprint density at radius 3 is 1.18 bits per heavy atom. The van der Waals surface area contributed by atoms with Crippen LogP contribution in [0.5, 0.6) is 0 Å². The summed E-state index contributed by atoms with van der Waals surface area (Å²) >= 11 is 0. The van der Waals surface area contributed by atoms with Crippen molar-refractivity contribution in [1.29, 1.82) is 0 Å². The molecule has 1 heteroatoms. The summed E-state index contributed by atoms with van der Waals surface area (Å²) in [5, 5.41) is 0. The van der Waals surface area contributed by atoms with E-state index in [9.17, 15) is 4.39 Å². The Hall–Kier alpha value is -0.0700. The minimum Gasteiger partial charge on any atom is -0.251 e. The zero-order valence-electron chi connectivity index (χ0n) is 8.66. The molecular weight excluding hydrogens is 139 g/mol. The van der Waals surface area contributed by atoms with Crippen molar-refractivity contribution in [3.8, 4) is 0 Å². The number of alkyl halides is 1. The predicted octanol–water partition coefficient (Wildman–Crippen LogP) is 3.66. The van der Waals surface area contributed by atoms with Gasteiger partial charge in [0.15, 0.2) is 0 Å². The molecule has 0 N–H and O–H groups in total. The molecule has 0 rings (SSSR count). The zero-order chi connectivity index (χ0) is 9.28. The maximum absolute atomic E-state index is 12.6. The predicted molar refractivity (Wildman–Crippen MR) is 48.4 cm³/mol. The highest BCUT2D eigenvalue weighted by atomic mass is 19.1. The minimum atomic E-state index is -0.215. The maximum atomic E-state index is 12.6. The van der Waals surface area contributed by atoms with Gasteiger partial charge in [0.25, 0.3) is 0 Å². The van der Waals surface area contributed by atoms with Gasteiger partial charge in [0.1, 0.15) is 0 Å². The summed E-state index contributed by atoms with van der Waals surface area (Å²) in [7, 11) is 0. The van der Waals surface area contributed by atoms with Crippen LogP contribution in [-0.4, -0.2) is 6.67 Å². The molecule has 0 fully saturated rings. The lowest BCUT2D eigenvalue weighted by atomic mass is 9.67. The SMILES string of the molecule is CC(C)(C)C(CF)C(C)(C)C. The van der Waals surface area contributed by atoms with Crippen molar-refractivity contribution in [1.82, 2.24) is 0 Å². The van der Waals surface area contributed by atoms with Crippen LogP contribution in [-0.2, 0) is 0 Å². The van der Waals surface area contributed by atoms with E-state index in [1.165, 1.54) is 0 Å². The van der Waals surface area contributed by atoms with Crippen molar-refractivity contribution in [2.75, 3.05) is 6.67 Å². The van der Waals surface area contributed by atoms with E-state index in [-0.39, 0.29) is 23.4 Å². The zero-order valence-corrected chi connectivity index (χ0v) is 8.66. The van der Waals surface area contributed by atoms with Crippen molar-refractivity contribution in [2.45, 2.75) is 41.5 Å². The van der Waals surface area contributed by atoms with E-state index < -0.39 is 0 Å². The van der Waals surface area contributed by atoms with Crippen LogP contribution in [0.4, 0.5) is 4.39 Å². The molecule has 0 nitrogen and oxygen atoms in total. The summed E-state index contributed by atoms with van der Waals surface area (Å²) in [5.74, 6) is 0.148. The third kappa shape index (κ3) is 3.22. The Balaban J connectivity index is 4.43. The Morgan fingerprint density at radius 2 is 1.18 bits per heavy atom. The monoisotopic (exact) mass is 160 g/mol. The summed E-state index contributed by atoms with van der Waals surface area (Å²) in [5.41, 5.74) is 0.153. The molecule has 0 heterocycles. The Bertz CT molecular complexity index is 99.8. The number of halogens is 1. The third-order valence-electron chi connectivity index (χ3n) is 2.25. The fraction of sp³-hybridized carbons (Fsp3) is 1.00. The quantitative estimate of drug-likeness (QED) is 0.549. The smallest absolute Gasteiger partial charge is 0.0932 e. The summed E-state index contributed by atoms with van der Waals surface area (Å²) in [6, 6.07) is 0. The van der Waals surface area contributed by atoms with Crippen LogP contribution < -0.4 is 0 Å². The number of hydrogen-bond acceptors (Lipinski definition) is 0. The van der Waals surface area contributed by atoms with Gasteiger partial charge < -0.3 is 0 Å². The Kier molecular flexibility index (Phi) is 3.10. The fourth-order valence-corrected chi connectivity index (χ4v) is 1.76. The van der Waals surface area contributed by atoms with Crippen LogP contribution >= 0.6 is 0 Å². The molecule has 0 spiro atoms. The normalized spacial score (nSPS) is 14.2. The van der Waals surface area contributed by atoms with E-state index in [4.69, 9.17) is 0 Å². The standard InChI is InChI=1S/C10H21F/c1-9(2,3)8(7-11)10(4,5)6/h8H,7H2,1-6H3. The molecule has 0 aromatic rings. The van der Waals surface area contributed by atoms with Crippen molar-refractivity contribution in [2.24, 2.45) is 16.7 Å². The molecule has 0 unspecified atom stereocenters. The van der Waals surface area contributed by atoms with Crippen molar-refractivity contribution < 1.29 is 4.39 Å². The third-order valence-corrected chi connectivity index (χ3v) is 2.25. The first kappa shape index (κ1) is 10.9. The van der Waals surface area contributed by atoms with E-state index >= 15 is 0 Å². The molecule has 0 aliphatic carbocycles. The van der Waals surface area contributed by atoms with E-state index in [2.05, 4.69) is 41.5 Å². The van der Waals surface area contributed by atoms with Crippen molar-refractivity contribution in [3.63, 3.8) is 0 Å². The van der Waals surface area contributed by atoms with Gasteiger partial charge in [-0.05, 0) is 16.7 Å². The number of rotatable bonds is 1. The van der Waals surface area contributed by atoms with Crippen LogP contribution in [0.25, 0.3) is 0 Å². The molecule has 0 amide bonds.